The van der Waals surface area contributed by atoms with Crippen molar-refractivity contribution in [3.8, 4) is 0 Å². The van der Waals surface area contributed by atoms with E-state index in [-0.39, 0.29) is 0 Å². The van der Waals surface area contributed by atoms with Crippen LogP contribution in [0, 0.1) is 0 Å². The van der Waals surface area contributed by atoms with Gasteiger partial charge < -0.3 is 4.74 Å². The van der Waals surface area contributed by atoms with Crippen LogP contribution in [0.15, 0.2) is 11.8 Å². The van der Waals surface area contributed by atoms with Gasteiger partial charge in [-0.25, -0.2) is 4.39 Å². The van der Waals surface area contributed by atoms with Gasteiger partial charge in [-0.3, -0.25) is 4.79 Å². The molecule has 0 amide bonds. The van der Waals surface area contributed by atoms with Crippen molar-refractivity contribution in [2.24, 2.45) is 0 Å². The molecule has 0 radical (unpaired) electrons. The number of ether oxygens (including phenoxy) is 1. The van der Waals surface area contributed by atoms with Gasteiger partial charge >= 0.3 is 0 Å². The lowest BCUT2D eigenvalue weighted by Crippen LogP contribution is -2.27. The van der Waals surface area contributed by atoms with Crippen LogP contribution >= 0.6 is 0 Å². The molecule has 0 aromatic rings. The highest BCUT2D eigenvalue weighted by atomic mass is 19.1. The largest absolute Gasteiger partial charge is 0.500 e. The molecule has 1 aliphatic rings. The molecule has 0 unspecified atom stereocenters. The van der Waals surface area contributed by atoms with E-state index in [9.17, 15) is 9.18 Å². The smallest absolute Gasteiger partial charge is 0.198 e. The Kier molecular flexibility index (Phi) is 1.98. The fraction of sp³-hybridized carbons (Fsp3) is 0.625. The van der Waals surface area contributed by atoms with Gasteiger partial charge in [0.05, 0.1) is 12.9 Å². The summed E-state index contributed by atoms with van der Waals surface area (Å²) < 4.78 is 17.8. The molecule has 0 saturated heterocycles. The molecule has 0 fully saturated rings. The summed E-state index contributed by atoms with van der Waals surface area (Å²) >= 11 is 0. The van der Waals surface area contributed by atoms with E-state index in [0.29, 0.717) is 18.6 Å². The number of ketones is 1. The van der Waals surface area contributed by atoms with Crippen molar-refractivity contribution in [2.45, 2.75) is 25.9 Å². The van der Waals surface area contributed by atoms with Crippen molar-refractivity contribution < 1.29 is 13.9 Å². The Balaban J connectivity index is 2.68. The van der Waals surface area contributed by atoms with Crippen LogP contribution in [0.5, 0.6) is 0 Å². The van der Waals surface area contributed by atoms with E-state index in [1.165, 1.54) is 20.1 Å². The van der Waals surface area contributed by atoms with Crippen molar-refractivity contribution in [2.75, 3.05) is 6.61 Å². The van der Waals surface area contributed by atoms with E-state index in [1.807, 2.05) is 0 Å². The topological polar surface area (TPSA) is 26.3 Å². The molecule has 0 saturated carbocycles. The minimum Gasteiger partial charge on any atom is -0.500 e. The van der Waals surface area contributed by atoms with Crippen molar-refractivity contribution in [3.05, 3.63) is 11.8 Å². The quantitative estimate of drug-likeness (QED) is 0.610. The summed E-state index contributed by atoms with van der Waals surface area (Å²) in [5.41, 5.74) is -1.31. The summed E-state index contributed by atoms with van der Waals surface area (Å²) in [6.07, 6.45) is 1.88. The van der Waals surface area contributed by atoms with Crippen LogP contribution in [0.3, 0.4) is 0 Å². The van der Waals surface area contributed by atoms with Crippen molar-refractivity contribution in [1.29, 1.82) is 0 Å². The van der Waals surface area contributed by atoms with Gasteiger partial charge in [-0.05, 0) is 13.8 Å². The lowest BCUT2D eigenvalue weighted by Gasteiger charge is -2.11. The number of halogens is 1. The number of alkyl halides is 1. The molecule has 0 atom stereocenters. The normalized spacial score (nSPS) is 17.5. The molecule has 0 bridgehead atoms. The SMILES string of the molecule is CC(C)(F)C(=O)C1=COCC1. The Hall–Kier alpha value is -0.860. The zero-order valence-electron chi connectivity index (χ0n) is 6.69. The molecular weight excluding hydrogens is 147 g/mol. The third-order valence-electron chi connectivity index (χ3n) is 1.55. The average Bonchev–Trinajstić information content (AvgIpc) is 2.34. The zero-order valence-corrected chi connectivity index (χ0v) is 6.69. The highest BCUT2D eigenvalue weighted by molar-refractivity contribution is 6.01. The van der Waals surface area contributed by atoms with Crippen molar-refractivity contribution in [1.82, 2.24) is 0 Å². The number of Topliss-reactive ketones (excluding diaryl/α,β-unsaturated/α-hetero) is 1. The highest BCUT2D eigenvalue weighted by Crippen LogP contribution is 2.20. The fourth-order valence-electron chi connectivity index (χ4n) is 0.936. The number of carbonyl (C=O) groups excluding carboxylic acids is 1. The number of hydrogen-bond donors (Lipinski definition) is 0. The first-order valence-corrected chi connectivity index (χ1v) is 3.56. The predicted molar refractivity (Wildman–Crippen MR) is 38.8 cm³/mol. The number of hydrogen-bond acceptors (Lipinski definition) is 2. The summed E-state index contributed by atoms with van der Waals surface area (Å²) in [6.45, 7) is 3.01. The number of carbonyl (C=O) groups is 1. The fourth-order valence-corrected chi connectivity index (χ4v) is 0.936. The highest BCUT2D eigenvalue weighted by Gasteiger charge is 2.30. The molecule has 0 N–H and O–H groups in total. The average molecular weight is 158 g/mol. The lowest BCUT2D eigenvalue weighted by atomic mass is 9.98. The summed E-state index contributed by atoms with van der Waals surface area (Å²) in [4.78, 5) is 11.1. The zero-order chi connectivity index (χ0) is 8.48. The molecule has 1 heterocycles. The van der Waals surface area contributed by atoms with E-state index >= 15 is 0 Å². The molecule has 0 aromatic carbocycles. The van der Waals surface area contributed by atoms with Gasteiger partial charge in [0.2, 0.25) is 0 Å². The monoisotopic (exact) mass is 158 g/mol. The second-order valence-electron chi connectivity index (χ2n) is 3.07. The molecule has 0 aliphatic carbocycles. The van der Waals surface area contributed by atoms with Gasteiger partial charge in [0.15, 0.2) is 11.5 Å². The Morgan fingerprint density at radius 3 is 2.73 bits per heavy atom. The second-order valence-corrected chi connectivity index (χ2v) is 3.07. The maximum absolute atomic E-state index is 13.0. The minimum atomic E-state index is -1.76. The van der Waals surface area contributed by atoms with E-state index in [1.54, 1.807) is 0 Å². The van der Waals surface area contributed by atoms with Crippen molar-refractivity contribution in [3.63, 3.8) is 0 Å². The molecule has 2 nitrogen and oxygen atoms in total. The van der Waals surface area contributed by atoms with E-state index < -0.39 is 11.5 Å². The Morgan fingerprint density at radius 2 is 2.36 bits per heavy atom. The van der Waals surface area contributed by atoms with E-state index in [4.69, 9.17) is 4.74 Å². The first kappa shape index (κ1) is 8.24. The van der Waals surface area contributed by atoms with Crippen LogP contribution in [-0.2, 0) is 9.53 Å². The van der Waals surface area contributed by atoms with Crippen LogP contribution < -0.4 is 0 Å². The van der Waals surface area contributed by atoms with Crippen LogP contribution in [0.4, 0.5) is 4.39 Å². The second kappa shape index (κ2) is 2.64. The molecule has 62 valence electrons. The predicted octanol–water partition coefficient (Wildman–Crippen LogP) is 1.61. The van der Waals surface area contributed by atoms with Gasteiger partial charge in [-0.15, -0.1) is 0 Å². The first-order valence-electron chi connectivity index (χ1n) is 3.56. The van der Waals surface area contributed by atoms with Crippen LogP contribution in [0.2, 0.25) is 0 Å². The van der Waals surface area contributed by atoms with Gasteiger partial charge in [-0.1, -0.05) is 0 Å². The maximum atomic E-state index is 13.0. The summed E-state index contributed by atoms with van der Waals surface area (Å²) in [7, 11) is 0. The van der Waals surface area contributed by atoms with E-state index in [2.05, 4.69) is 0 Å². The lowest BCUT2D eigenvalue weighted by molar-refractivity contribution is -0.124. The maximum Gasteiger partial charge on any atom is 0.198 e. The summed E-state index contributed by atoms with van der Waals surface area (Å²) in [5.74, 6) is -0.463. The number of rotatable bonds is 2. The van der Waals surface area contributed by atoms with Gasteiger partial charge in [0.25, 0.3) is 0 Å². The van der Waals surface area contributed by atoms with Gasteiger partial charge in [-0.2, -0.15) is 0 Å². The Labute approximate surface area is 65.0 Å². The Morgan fingerprint density at radius 1 is 1.73 bits per heavy atom. The summed E-state index contributed by atoms with van der Waals surface area (Å²) in [6, 6.07) is 0. The van der Waals surface area contributed by atoms with Crippen LogP contribution in [0.1, 0.15) is 20.3 Å². The summed E-state index contributed by atoms with van der Waals surface area (Å²) in [5, 5.41) is 0. The third-order valence-corrected chi connectivity index (χ3v) is 1.55. The Bertz CT molecular complexity index is 201. The molecule has 0 spiro atoms. The third kappa shape index (κ3) is 1.79. The standard InChI is InChI=1S/C8H11FO2/c1-8(2,9)7(10)6-3-4-11-5-6/h5H,3-4H2,1-2H3. The molecule has 3 heteroatoms. The molecule has 0 aromatic heterocycles. The van der Waals surface area contributed by atoms with Gasteiger partial charge in [0.1, 0.15) is 0 Å². The molecule has 11 heavy (non-hydrogen) atoms. The molecule has 1 aliphatic heterocycles. The van der Waals surface area contributed by atoms with Crippen LogP contribution in [0.25, 0.3) is 0 Å². The molecular formula is C8H11FO2. The molecule has 1 rings (SSSR count). The van der Waals surface area contributed by atoms with Crippen molar-refractivity contribution >= 4 is 5.78 Å². The first-order chi connectivity index (χ1) is 5.02. The van der Waals surface area contributed by atoms with E-state index in [0.717, 1.165) is 0 Å². The van der Waals surface area contributed by atoms with Crippen LogP contribution in [-0.4, -0.2) is 18.1 Å². The van der Waals surface area contributed by atoms with Gasteiger partial charge in [0, 0.05) is 12.0 Å². The minimum absolute atomic E-state index is 0.456.